The van der Waals surface area contributed by atoms with E-state index in [1.54, 1.807) is 6.92 Å². The van der Waals surface area contributed by atoms with Crippen molar-refractivity contribution in [3.63, 3.8) is 0 Å². The maximum Gasteiger partial charge on any atom is 0.356 e. The number of hydrogen-bond acceptors (Lipinski definition) is 4. The number of aliphatic hydroxyl groups excluding tert-OH is 1. The highest BCUT2D eigenvalue weighted by Crippen LogP contribution is 2.47. The summed E-state index contributed by atoms with van der Waals surface area (Å²) in [4.78, 5) is 0. The molecule has 84 valence electrons. The van der Waals surface area contributed by atoms with Crippen LogP contribution in [0, 0.1) is 0 Å². The van der Waals surface area contributed by atoms with Gasteiger partial charge in [-0.1, -0.05) is 30.3 Å². The minimum Gasteiger partial charge on any atom is -0.384 e. The zero-order valence-corrected chi connectivity index (χ0v) is 9.52. The Morgan fingerprint density at radius 1 is 1.27 bits per heavy atom. The van der Waals surface area contributed by atoms with Gasteiger partial charge in [0.25, 0.3) is 0 Å². The van der Waals surface area contributed by atoms with Crippen LogP contribution in [0.1, 0.15) is 12.5 Å². The molecule has 15 heavy (non-hydrogen) atoms. The summed E-state index contributed by atoms with van der Waals surface area (Å²) in [6, 6.07) is 9.32. The number of rotatable bonds is 6. The Labute approximate surface area is 89.4 Å². The van der Waals surface area contributed by atoms with E-state index in [1.165, 1.54) is 0 Å². The summed E-state index contributed by atoms with van der Waals surface area (Å²) in [7, 11) is -3.31. The van der Waals surface area contributed by atoms with Gasteiger partial charge < -0.3 is 14.2 Å². The highest BCUT2D eigenvalue weighted by Gasteiger charge is 2.22. The topological polar surface area (TPSA) is 55.8 Å². The zero-order chi connectivity index (χ0) is 11.1. The Bertz CT molecular complexity index is 325. The van der Waals surface area contributed by atoms with Crippen LogP contribution in [0.4, 0.5) is 0 Å². The van der Waals surface area contributed by atoms with Crippen LogP contribution in [-0.2, 0) is 20.2 Å². The quantitative estimate of drug-likeness (QED) is 0.762. The molecule has 0 spiro atoms. The summed E-state index contributed by atoms with van der Waals surface area (Å²) in [5.74, 6) is 0. The van der Waals surface area contributed by atoms with Crippen molar-refractivity contribution in [3.05, 3.63) is 35.9 Å². The summed E-state index contributed by atoms with van der Waals surface area (Å²) in [5, 5.41) is 8.88. The van der Waals surface area contributed by atoms with Gasteiger partial charge in [-0.15, -0.1) is 0 Å². The van der Waals surface area contributed by atoms with Gasteiger partial charge in [-0.05, 0) is 12.5 Å². The Morgan fingerprint density at radius 2 is 1.93 bits per heavy atom. The van der Waals surface area contributed by atoms with Crippen molar-refractivity contribution < 1.29 is 18.7 Å². The Balaban J connectivity index is 2.51. The van der Waals surface area contributed by atoms with Crippen LogP contribution in [0.2, 0.25) is 0 Å². The van der Waals surface area contributed by atoms with Crippen LogP contribution in [-0.4, -0.2) is 18.1 Å². The summed E-state index contributed by atoms with van der Waals surface area (Å²) in [5.41, 5.74) is 0.894. The van der Waals surface area contributed by atoms with Gasteiger partial charge in [0, 0.05) is 0 Å². The lowest BCUT2D eigenvalue weighted by molar-refractivity contribution is 0.179. The van der Waals surface area contributed by atoms with E-state index >= 15 is 0 Å². The first-order chi connectivity index (χ1) is 7.20. The van der Waals surface area contributed by atoms with Crippen molar-refractivity contribution in [2.24, 2.45) is 0 Å². The van der Waals surface area contributed by atoms with Gasteiger partial charge in [0.15, 0.2) is 0 Å². The molecule has 0 radical (unpaired) electrons. The van der Waals surface area contributed by atoms with Crippen molar-refractivity contribution in [1.29, 1.82) is 0 Å². The Morgan fingerprint density at radius 3 is 2.47 bits per heavy atom. The van der Waals surface area contributed by atoms with Gasteiger partial charge in [-0.25, -0.2) is 0 Å². The van der Waals surface area contributed by atoms with Crippen LogP contribution < -0.4 is 0 Å². The van der Waals surface area contributed by atoms with E-state index in [-0.39, 0.29) is 13.2 Å². The van der Waals surface area contributed by atoms with Crippen LogP contribution in [0.3, 0.4) is 0 Å². The molecule has 1 unspecified atom stereocenters. The average molecular weight is 230 g/mol. The molecular weight excluding hydrogens is 215 g/mol. The molecule has 0 saturated heterocycles. The van der Waals surface area contributed by atoms with Gasteiger partial charge in [0.2, 0.25) is 0 Å². The summed E-state index contributed by atoms with van der Waals surface area (Å²) < 4.78 is 21.6. The molecule has 0 aliphatic carbocycles. The molecule has 0 heterocycles. The predicted molar refractivity (Wildman–Crippen MR) is 57.5 cm³/mol. The van der Waals surface area contributed by atoms with Crippen molar-refractivity contribution in [2.45, 2.75) is 13.5 Å². The van der Waals surface area contributed by atoms with Gasteiger partial charge in [-0.3, -0.25) is 4.57 Å². The molecule has 1 rings (SSSR count). The highest BCUT2D eigenvalue weighted by atomic mass is 31.2. The van der Waals surface area contributed by atoms with Crippen LogP contribution in [0.25, 0.3) is 0 Å². The molecule has 0 aromatic heterocycles. The van der Waals surface area contributed by atoms with E-state index < -0.39 is 13.9 Å². The van der Waals surface area contributed by atoms with E-state index in [1.807, 2.05) is 30.3 Å². The summed E-state index contributed by atoms with van der Waals surface area (Å²) in [6.07, 6.45) is -0.590. The molecule has 1 aromatic rings. The average Bonchev–Trinajstić information content (AvgIpc) is 2.28. The van der Waals surface area contributed by atoms with Gasteiger partial charge in [0.1, 0.15) is 6.35 Å². The smallest absolute Gasteiger partial charge is 0.356 e. The minimum atomic E-state index is -3.31. The molecule has 0 bridgehead atoms. The SMILES string of the molecule is CCOP(=O)(CO)OCc1ccccc1. The normalized spacial score (nSPS) is 14.8. The fourth-order valence-corrected chi connectivity index (χ4v) is 2.04. The summed E-state index contributed by atoms with van der Waals surface area (Å²) >= 11 is 0. The van der Waals surface area contributed by atoms with Crippen molar-refractivity contribution in [1.82, 2.24) is 0 Å². The second kappa shape index (κ2) is 6.03. The molecule has 1 aromatic carbocycles. The van der Waals surface area contributed by atoms with E-state index in [0.29, 0.717) is 0 Å². The third-order valence-corrected chi connectivity index (χ3v) is 3.29. The molecule has 0 fully saturated rings. The van der Waals surface area contributed by atoms with E-state index in [9.17, 15) is 4.57 Å². The molecule has 5 heteroatoms. The molecule has 0 aliphatic rings. The largest absolute Gasteiger partial charge is 0.384 e. The van der Waals surface area contributed by atoms with Gasteiger partial charge in [0.05, 0.1) is 13.2 Å². The third kappa shape index (κ3) is 4.14. The fraction of sp³-hybridized carbons (Fsp3) is 0.400. The van der Waals surface area contributed by atoms with Crippen LogP contribution in [0.15, 0.2) is 30.3 Å². The van der Waals surface area contributed by atoms with Crippen molar-refractivity contribution in [2.75, 3.05) is 13.0 Å². The first kappa shape index (κ1) is 12.4. The standard InChI is InChI=1S/C10H15O4P/c1-2-13-15(12,9-11)14-8-10-6-4-3-5-7-10/h3-7,11H,2,8-9H2,1H3. The molecule has 0 aliphatic heterocycles. The minimum absolute atomic E-state index is 0.179. The molecule has 0 saturated carbocycles. The second-order valence-electron chi connectivity index (χ2n) is 2.93. The Hall–Kier alpha value is -0.670. The van der Waals surface area contributed by atoms with Gasteiger partial charge >= 0.3 is 7.60 Å². The maximum atomic E-state index is 11.7. The van der Waals surface area contributed by atoms with Crippen LogP contribution >= 0.6 is 7.60 Å². The molecule has 0 amide bonds. The number of benzene rings is 1. The number of aliphatic hydroxyl groups is 1. The summed E-state index contributed by atoms with van der Waals surface area (Å²) in [6.45, 7) is 2.14. The maximum absolute atomic E-state index is 11.7. The van der Waals surface area contributed by atoms with Crippen molar-refractivity contribution in [3.8, 4) is 0 Å². The lowest BCUT2D eigenvalue weighted by Gasteiger charge is -2.14. The highest BCUT2D eigenvalue weighted by molar-refractivity contribution is 7.53. The van der Waals surface area contributed by atoms with E-state index in [4.69, 9.17) is 14.2 Å². The molecule has 1 N–H and O–H groups in total. The third-order valence-electron chi connectivity index (χ3n) is 1.77. The zero-order valence-electron chi connectivity index (χ0n) is 8.63. The lowest BCUT2D eigenvalue weighted by Crippen LogP contribution is -1.99. The molecule has 4 nitrogen and oxygen atoms in total. The molecular formula is C10H15O4P. The molecule has 1 atom stereocenters. The predicted octanol–water partition coefficient (Wildman–Crippen LogP) is 2.38. The van der Waals surface area contributed by atoms with E-state index in [0.717, 1.165) is 5.56 Å². The van der Waals surface area contributed by atoms with Crippen LogP contribution in [0.5, 0.6) is 0 Å². The first-order valence-corrected chi connectivity index (χ1v) is 6.46. The van der Waals surface area contributed by atoms with Gasteiger partial charge in [-0.2, -0.15) is 0 Å². The monoisotopic (exact) mass is 230 g/mol. The number of hydrogen-bond donors (Lipinski definition) is 1. The van der Waals surface area contributed by atoms with Crippen molar-refractivity contribution >= 4 is 7.60 Å². The Kier molecular flexibility index (Phi) is 4.99. The van der Waals surface area contributed by atoms with E-state index in [2.05, 4.69) is 0 Å². The first-order valence-electron chi connectivity index (χ1n) is 4.73. The second-order valence-corrected chi connectivity index (χ2v) is 4.95. The lowest BCUT2D eigenvalue weighted by atomic mass is 10.2. The fourth-order valence-electron chi connectivity index (χ4n) is 1.06.